The second kappa shape index (κ2) is 3.77. The number of hydrogen-bond acceptors (Lipinski definition) is 3. The lowest BCUT2D eigenvalue weighted by molar-refractivity contribution is 0.463. The van der Waals surface area contributed by atoms with Crippen LogP contribution in [0.5, 0.6) is 0 Å². The van der Waals surface area contributed by atoms with Gasteiger partial charge in [0, 0.05) is 24.5 Å². The molecule has 17 heavy (non-hydrogen) atoms. The third kappa shape index (κ3) is 2.02. The summed E-state index contributed by atoms with van der Waals surface area (Å²) in [6, 6.07) is 3.91. The van der Waals surface area contributed by atoms with Gasteiger partial charge in [-0.15, -0.1) is 0 Å². The molecular formula is C12H14N4S. The van der Waals surface area contributed by atoms with Crippen molar-refractivity contribution in [1.82, 2.24) is 19.7 Å². The van der Waals surface area contributed by atoms with Gasteiger partial charge < -0.3 is 0 Å². The molecular weight excluding hydrogens is 232 g/mol. The third-order valence-electron chi connectivity index (χ3n) is 3.34. The Morgan fingerprint density at radius 1 is 1.41 bits per heavy atom. The van der Waals surface area contributed by atoms with E-state index < -0.39 is 0 Å². The summed E-state index contributed by atoms with van der Waals surface area (Å²) in [5.74, 6) is 0.908. The van der Waals surface area contributed by atoms with Gasteiger partial charge >= 0.3 is 0 Å². The SMILES string of the molecule is CC1(Cn2c(-c3ccncc3)n[nH]c2=S)CC1. The van der Waals surface area contributed by atoms with Crippen molar-refractivity contribution in [2.45, 2.75) is 26.3 Å². The standard InChI is InChI=1S/C12H14N4S/c1-12(4-5-12)8-16-10(14-15-11(16)17)9-2-6-13-7-3-9/h2-3,6-7H,4-5,8H2,1H3,(H,15,17). The summed E-state index contributed by atoms with van der Waals surface area (Å²) in [6.45, 7) is 3.23. The highest BCUT2D eigenvalue weighted by atomic mass is 32.1. The van der Waals surface area contributed by atoms with Gasteiger partial charge in [-0.05, 0) is 42.6 Å². The number of aromatic nitrogens is 4. The van der Waals surface area contributed by atoms with Crippen molar-refractivity contribution < 1.29 is 0 Å². The van der Waals surface area contributed by atoms with Crippen LogP contribution in [0.2, 0.25) is 0 Å². The van der Waals surface area contributed by atoms with Crippen molar-refractivity contribution in [3.63, 3.8) is 0 Å². The van der Waals surface area contributed by atoms with Crippen molar-refractivity contribution in [3.05, 3.63) is 29.3 Å². The van der Waals surface area contributed by atoms with Crippen LogP contribution in [0.3, 0.4) is 0 Å². The molecule has 0 amide bonds. The topological polar surface area (TPSA) is 46.5 Å². The summed E-state index contributed by atoms with van der Waals surface area (Å²) >= 11 is 5.30. The van der Waals surface area contributed by atoms with Gasteiger partial charge in [-0.2, -0.15) is 5.10 Å². The van der Waals surface area contributed by atoms with E-state index in [9.17, 15) is 0 Å². The predicted octanol–water partition coefficient (Wildman–Crippen LogP) is 2.80. The van der Waals surface area contributed by atoms with Crippen LogP contribution in [0, 0.1) is 10.2 Å². The summed E-state index contributed by atoms with van der Waals surface area (Å²) in [5, 5.41) is 7.20. The summed E-state index contributed by atoms with van der Waals surface area (Å²) < 4.78 is 2.79. The van der Waals surface area contributed by atoms with Gasteiger partial charge in [-0.25, -0.2) is 0 Å². The molecule has 4 nitrogen and oxygen atoms in total. The van der Waals surface area contributed by atoms with Crippen molar-refractivity contribution in [2.24, 2.45) is 5.41 Å². The minimum Gasteiger partial charge on any atom is -0.300 e. The molecule has 0 atom stereocenters. The van der Waals surface area contributed by atoms with E-state index in [0.29, 0.717) is 10.2 Å². The summed E-state index contributed by atoms with van der Waals surface area (Å²) in [5.41, 5.74) is 1.46. The van der Waals surface area contributed by atoms with Crippen LogP contribution < -0.4 is 0 Å². The first-order chi connectivity index (χ1) is 8.18. The minimum absolute atomic E-state index is 0.407. The highest BCUT2D eigenvalue weighted by Gasteiger charge is 2.38. The maximum Gasteiger partial charge on any atom is 0.195 e. The fourth-order valence-electron chi connectivity index (χ4n) is 1.94. The molecule has 2 heterocycles. The van der Waals surface area contributed by atoms with E-state index in [1.54, 1.807) is 12.4 Å². The third-order valence-corrected chi connectivity index (χ3v) is 3.65. The Morgan fingerprint density at radius 2 is 2.12 bits per heavy atom. The summed E-state index contributed by atoms with van der Waals surface area (Å²) in [4.78, 5) is 4.02. The van der Waals surface area contributed by atoms with Crippen LogP contribution >= 0.6 is 12.2 Å². The minimum atomic E-state index is 0.407. The highest BCUT2D eigenvalue weighted by Crippen LogP contribution is 2.46. The molecule has 0 unspecified atom stereocenters. The van der Waals surface area contributed by atoms with Gasteiger partial charge in [0.1, 0.15) is 0 Å². The predicted molar refractivity (Wildman–Crippen MR) is 68.0 cm³/mol. The molecule has 1 saturated carbocycles. The number of pyridine rings is 1. The maximum atomic E-state index is 5.30. The van der Waals surface area contributed by atoms with Crippen molar-refractivity contribution >= 4 is 12.2 Å². The van der Waals surface area contributed by atoms with E-state index in [1.165, 1.54) is 12.8 Å². The molecule has 1 aliphatic rings. The van der Waals surface area contributed by atoms with Gasteiger partial charge in [-0.1, -0.05) is 6.92 Å². The molecule has 1 fully saturated rings. The van der Waals surface area contributed by atoms with Crippen LogP contribution in [0.4, 0.5) is 0 Å². The Kier molecular flexibility index (Phi) is 2.36. The Hall–Kier alpha value is -1.49. The van der Waals surface area contributed by atoms with Gasteiger partial charge in [0.05, 0.1) is 0 Å². The average molecular weight is 246 g/mol. The molecule has 0 saturated heterocycles. The fourth-order valence-corrected chi connectivity index (χ4v) is 2.14. The highest BCUT2D eigenvalue weighted by molar-refractivity contribution is 7.71. The lowest BCUT2D eigenvalue weighted by Crippen LogP contribution is -2.09. The first-order valence-electron chi connectivity index (χ1n) is 5.74. The van der Waals surface area contributed by atoms with Crippen LogP contribution in [0.25, 0.3) is 11.4 Å². The van der Waals surface area contributed by atoms with Crippen LogP contribution in [0.15, 0.2) is 24.5 Å². The molecule has 1 N–H and O–H groups in total. The van der Waals surface area contributed by atoms with Crippen LogP contribution in [0.1, 0.15) is 19.8 Å². The first kappa shape index (κ1) is 10.7. The van der Waals surface area contributed by atoms with Gasteiger partial charge in [0.2, 0.25) is 0 Å². The number of nitrogens with one attached hydrogen (secondary N) is 1. The van der Waals surface area contributed by atoms with E-state index in [4.69, 9.17) is 12.2 Å². The second-order valence-corrected chi connectivity index (χ2v) is 5.37. The second-order valence-electron chi connectivity index (χ2n) is 4.99. The van der Waals surface area contributed by atoms with Crippen LogP contribution in [-0.2, 0) is 6.54 Å². The normalized spacial score (nSPS) is 17.0. The largest absolute Gasteiger partial charge is 0.300 e. The van der Waals surface area contributed by atoms with E-state index in [1.807, 2.05) is 12.1 Å². The summed E-state index contributed by atoms with van der Waals surface area (Å²) in [6.07, 6.45) is 6.10. The Labute approximate surface area is 105 Å². The smallest absolute Gasteiger partial charge is 0.195 e. The molecule has 0 spiro atoms. The number of rotatable bonds is 3. The lowest BCUT2D eigenvalue weighted by Gasteiger charge is -2.11. The Balaban J connectivity index is 2.03. The number of aromatic amines is 1. The zero-order chi connectivity index (χ0) is 11.9. The molecule has 2 aromatic heterocycles. The van der Waals surface area contributed by atoms with Crippen LogP contribution in [-0.4, -0.2) is 19.7 Å². The fraction of sp³-hybridized carbons (Fsp3) is 0.417. The molecule has 88 valence electrons. The monoisotopic (exact) mass is 246 g/mol. The Morgan fingerprint density at radius 3 is 2.76 bits per heavy atom. The van der Waals surface area contributed by atoms with E-state index in [-0.39, 0.29) is 0 Å². The molecule has 0 bridgehead atoms. The number of hydrogen-bond donors (Lipinski definition) is 1. The van der Waals surface area contributed by atoms with E-state index in [2.05, 4.69) is 26.7 Å². The molecule has 1 aliphatic carbocycles. The molecule has 2 aromatic rings. The Bertz CT molecular complexity index is 580. The zero-order valence-corrected chi connectivity index (χ0v) is 10.5. The average Bonchev–Trinajstić information content (AvgIpc) is 2.96. The van der Waals surface area contributed by atoms with Crippen molar-refractivity contribution in [2.75, 3.05) is 0 Å². The first-order valence-corrected chi connectivity index (χ1v) is 6.14. The number of nitrogens with zero attached hydrogens (tertiary/aromatic N) is 3. The van der Waals surface area contributed by atoms with Gasteiger partial charge in [-0.3, -0.25) is 14.6 Å². The molecule has 5 heteroatoms. The number of H-pyrrole nitrogens is 1. The van der Waals surface area contributed by atoms with E-state index in [0.717, 1.165) is 17.9 Å². The molecule has 3 rings (SSSR count). The maximum absolute atomic E-state index is 5.30. The van der Waals surface area contributed by atoms with Crippen molar-refractivity contribution in [1.29, 1.82) is 0 Å². The van der Waals surface area contributed by atoms with Gasteiger partial charge in [0.25, 0.3) is 0 Å². The molecule has 0 radical (unpaired) electrons. The lowest BCUT2D eigenvalue weighted by atomic mass is 10.1. The summed E-state index contributed by atoms with van der Waals surface area (Å²) in [7, 11) is 0. The quantitative estimate of drug-likeness (QED) is 0.847. The zero-order valence-electron chi connectivity index (χ0n) is 9.68. The molecule has 0 aromatic carbocycles. The van der Waals surface area contributed by atoms with Gasteiger partial charge in [0.15, 0.2) is 10.6 Å². The molecule has 0 aliphatic heterocycles. The van der Waals surface area contributed by atoms with Crippen molar-refractivity contribution in [3.8, 4) is 11.4 Å². The van der Waals surface area contributed by atoms with E-state index >= 15 is 0 Å².